The van der Waals surface area contributed by atoms with Crippen molar-refractivity contribution in [3.05, 3.63) is 69.4 Å². The molecule has 0 unspecified atom stereocenters. The number of carbonyl (C=O) groups excluding carboxylic acids is 1. The molecule has 4 aromatic rings. The first-order valence-electron chi connectivity index (χ1n) is 10.2. The molecule has 0 saturated carbocycles. The Labute approximate surface area is 204 Å². The van der Waals surface area contributed by atoms with E-state index in [9.17, 15) is 14.9 Å². The highest BCUT2D eigenvalue weighted by molar-refractivity contribution is 7.15. The van der Waals surface area contributed by atoms with Gasteiger partial charge in [-0.3, -0.25) is 19.3 Å². The van der Waals surface area contributed by atoms with Gasteiger partial charge in [0.25, 0.3) is 0 Å². The van der Waals surface area contributed by atoms with Crippen molar-refractivity contribution < 1.29 is 28.7 Å². The highest BCUT2D eigenvalue weighted by atomic mass is 32.1. The van der Waals surface area contributed by atoms with Gasteiger partial charge in [0.1, 0.15) is 0 Å². The van der Waals surface area contributed by atoms with Crippen molar-refractivity contribution in [3.8, 4) is 34.3 Å². The zero-order valence-electron chi connectivity index (χ0n) is 19.3. The number of imidazole rings is 1. The minimum atomic E-state index is -0.510. The molecule has 0 atom stereocenters. The van der Waals surface area contributed by atoms with Crippen LogP contribution < -0.4 is 18.9 Å². The zero-order chi connectivity index (χ0) is 25.1. The summed E-state index contributed by atoms with van der Waals surface area (Å²) in [6, 6.07) is 7.76. The molecule has 180 valence electrons. The maximum atomic E-state index is 13.1. The summed E-state index contributed by atoms with van der Waals surface area (Å²) < 4.78 is 22.9. The molecule has 4 rings (SSSR count). The van der Waals surface area contributed by atoms with Gasteiger partial charge in [-0.25, -0.2) is 4.98 Å². The van der Waals surface area contributed by atoms with Gasteiger partial charge in [0.2, 0.25) is 5.75 Å². The Kier molecular flexibility index (Phi) is 6.69. The van der Waals surface area contributed by atoms with E-state index in [2.05, 4.69) is 4.98 Å². The molecule has 0 radical (unpaired) electrons. The Bertz CT molecular complexity index is 1430. The van der Waals surface area contributed by atoms with Crippen LogP contribution in [0.3, 0.4) is 0 Å². The second kappa shape index (κ2) is 9.85. The van der Waals surface area contributed by atoms with Gasteiger partial charge in [0.15, 0.2) is 28.0 Å². The van der Waals surface area contributed by atoms with E-state index < -0.39 is 4.92 Å². The first kappa shape index (κ1) is 23.8. The van der Waals surface area contributed by atoms with Crippen LogP contribution in [0, 0.1) is 10.1 Å². The van der Waals surface area contributed by atoms with E-state index in [-0.39, 0.29) is 17.2 Å². The molecule has 0 spiro atoms. The molecule has 2 aromatic heterocycles. The molecule has 2 heterocycles. The van der Waals surface area contributed by atoms with Gasteiger partial charge < -0.3 is 18.9 Å². The molecule has 0 aliphatic carbocycles. The Morgan fingerprint density at radius 1 is 1.03 bits per heavy atom. The van der Waals surface area contributed by atoms with E-state index in [4.69, 9.17) is 18.9 Å². The number of methoxy groups -OCH3 is 4. The molecular formula is C24H21N3O7S. The summed E-state index contributed by atoms with van der Waals surface area (Å²) in [6.45, 7) is 0. The maximum Gasteiger partial charge on any atom is 0.311 e. The van der Waals surface area contributed by atoms with Crippen LogP contribution in [0.2, 0.25) is 0 Å². The second-order valence-corrected chi connectivity index (χ2v) is 8.03. The zero-order valence-corrected chi connectivity index (χ0v) is 20.1. The fourth-order valence-electron chi connectivity index (χ4n) is 3.63. The third-order valence-electron chi connectivity index (χ3n) is 5.29. The van der Waals surface area contributed by atoms with E-state index >= 15 is 0 Å². The third kappa shape index (κ3) is 4.41. The molecule has 2 aromatic carbocycles. The van der Waals surface area contributed by atoms with E-state index in [0.717, 1.165) is 0 Å². The fourth-order valence-corrected chi connectivity index (χ4v) is 4.35. The largest absolute Gasteiger partial charge is 0.493 e. The van der Waals surface area contributed by atoms with Gasteiger partial charge in [-0.05, 0) is 36.4 Å². The van der Waals surface area contributed by atoms with Crippen LogP contribution in [0.5, 0.6) is 23.0 Å². The van der Waals surface area contributed by atoms with Crippen molar-refractivity contribution in [1.82, 2.24) is 9.38 Å². The normalized spacial score (nSPS) is 11.1. The number of nitrogens with zero attached hydrogens (tertiary/aromatic N) is 3. The molecule has 0 bridgehead atoms. The Hall–Kier alpha value is -4.38. The van der Waals surface area contributed by atoms with Crippen LogP contribution in [0.25, 0.3) is 22.3 Å². The Morgan fingerprint density at radius 3 is 2.31 bits per heavy atom. The summed E-state index contributed by atoms with van der Waals surface area (Å²) in [5.74, 6) is 0.948. The summed E-state index contributed by atoms with van der Waals surface area (Å²) in [5.41, 5.74) is 1.78. The van der Waals surface area contributed by atoms with E-state index in [1.165, 1.54) is 58.0 Å². The molecule has 10 nitrogen and oxygen atoms in total. The maximum absolute atomic E-state index is 13.1. The number of aromatic nitrogens is 2. The summed E-state index contributed by atoms with van der Waals surface area (Å²) in [7, 11) is 5.80. The molecular weight excluding hydrogens is 474 g/mol. The number of hydrogen-bond acceptors (Lipinski definition) is 9. The molecule has 11 heteroatoms. The smallest absolute Gasteiger partial charge is 0.311 e. The van der Waals surface area contributed by atoms with Gasteiger partial charge in [-0.15, -0.1) is 11.3 Å². The molecule has 0 aliphatic rings. The molecule has 0 saturated heterocycles. The molecule has 35 heavy (non-hydrogen) atoms. The molecule has 0 fully saturated rings. The van der Waals surface area contributed by atoms with Gasteiger partial charge in [-0.1, -0.05) is 0 Å². The number of thiazole rings is 1. The number of carbonyl (C=O) groups is 1. The number of hydrogen-bond donors (Lipinski definition) is 0. The van der Waals surface area contributed by atoms with Crippen LogP contribution in [0.1, 0.15) is 16.1 Å². The summed E-state index contributed by atoms with van der Waals surface area (Å²) in [4.78, 5) is 29.4. The van der Waals surface area contributed by atoms with Crippen molar-refractivity contribution in [1.29, 1.82) is 0 Å². The van der Waals surface area contributed by atoms with Crippen molar-refractivity contribution in [2.45, 2.75) is 0 Å². The number of allylic oxidation sites excluding steroid dienone is 1. The van der Waals surface area contributed by atoms with Gasteiger partial charge in [0.05, 0.1) is 44.8 Å². The number of ketones is 1. The predicted octanol–water partition coefficient (Wildman–Crippen LogP) is 4.90. The topological polar surface area (TPSA) is 114 Å². The Balaban J connectivity index is 1.77. The number of ether oxygens (including phenoxy) is 4. The number of rotatable bonds is 9. The first-order chi connectivity index (χ1) is 16.9. The van der Waals surface area contributed by atoms with Crippen LogP contribution in [-0.2, 0) is 0 Å². The molecule has 0 N–H and O–H groups in total. The van der Waals surface area contributed by atoms with Crippen molar-refractivity contribution in [2.24, 2.45) is 0 Å². The Morgan fingerprint density at radius 2 is 1.71 bits per heavy atom. The quantitative estimate of drug-likeness (QED) is 0.139. The lowest BCUT2D eigenvalue weighted by Gasteiger charge is -2.13. The highest BCUT2D eigenvalue weighted by Gasteiger charge is 2.21. The van der Waals surface area contributed by atoms with Crippen LogP contribution in [0.15, 0.2) is 48.0 Å². The van der Waals surface area contributed by atoms with Crippen LogP contribution in [0.4, 0.5) is 5.69 Å². The average Bonchev–Trinajstić information content (AvgIpc) is 3.47. The van der Waals surface area contributed by atoms with E-state index in [1.807, 2.05) is 16.0 Å². The lowest BCUT2D eigenvalue weighted by atomic mass is 10.1. The first-order valence-corrected chi connectivity index (χ1v) is 11.1. The summed E-state index contributed by atoms with van der Waals surface area (Å²) in [6.07, 6.45) is 4.85. The minimum Gasteiger partial charge on any atom is -0.493 e. The lowest BCUT2D eigenvalue weighted by molar-refractivity contribution is -0.385. The van der Waals surface area contributed by atoms with Crippen LogP contribution in [-0.4, -0.2) is 48.5 Å². The lowest BCUT2D eigenvalue weighted by Crippen LogP contribution is -2.00. The monoisotopic (exact) mass is 495 g/mol. The standard InChI is InChI=1S/C24H21N3O7S/c1-31-19-8-5-14(11-17(19)27(29)30)22-16(26-9-10-35-24(26)25-22)6-7-18(28)15-12-20(32-2)23(34-4)21(13-15)33-3/h5-13H,1-4H3/b7-6+. The van der Waals surface area contributed by atoms with E-state index in [1.54, 1.807) is 24.3 Å². The van der Waals surface area contributed by atoms with Crippen LogP contribution >= 0.6 is 11.3 Å². The number of benzene rings is 2. The fraction of sp³-hybridized carbons (Fsp3) is 0.167. The summed E-state index contributed by atoms with van der Waals surface area (Å²) in [5, 5.41) is 13.4. The number of nitro groups is 1. The van der Waals surface area contributed by atoms with Crippen molar-refractivity contribution in [3.63, 3.8) is 0 Å². The minimum absolute atomic E-state index is 0.148. The van der Waals surface area contributed by atoms with Gasteiger partial charge in [-0.2, -0.15) is 0 Å². The number of fused-ring (bicyclic) bond motifs is 1. The molecule has 0 aliphatic heterocycles. The summed E-state index contributed by atoms with van der Waals surface area (Å²) >= 11 is 1.41. The van der Waals surface area contributed by atoms with Gasteiger partial charge in [0, 0.05) is 28.8 Å². The third-order valence-corrected chi connectivity index (χ3v) is 6.05. The van der Waals surface area contributed by atoms with E-state index in [0.29, 0.717) is 44.7 Å². The second-order valence-electron chi connectivity index (χ2n) is 7.16. The highest BCUT2D eigenvalue weighted by Crippen LogP contribution is 2.39. The van der Waals surface area contributed by atoms with Gasteiger partial charge >= 0.3 is 5.69 Å². The number of nitro benzene ring substituents is 1. The predicted molar refractivity (Wildman–Crippen MR) is 131 cm³/mol. The average molecular weight is 496 g/mol. The SMILES string of the molecule is COc1ccc(-c2nc3sccn3c2/C=C/C(=O)c2cc(OC)c(OC)c(OC)c2)cc1[N+](=O)[O-]. The molecule has 0 amide bonds. The van der Waals surface area contributed by atoms with Crippen molar-refractivity contribution >= 4 is 33.8 Å². The van der Waals surface area contributed by atoms with Crippen molar-refractivity contribution in [2.75, 3.05) is 28.4 Å².